The highest BCUT2D eigenvalue weighted by Gasteiger charge is 2.40. The molecule has 1 fully saturated rings. The molecule has 28 heavy (non-hydrogen) atoms. The van der Waals surface area contributed by atoms with Crippen molar-refractivity contribution in [1.82, 2.24) is 4.90 Å². The predicted octanol–water partition coefficient (Wildman–Crippen LogP) is 3.49. The predicted molar refractivity (Wildman–Crippen MR) is 110 cm³/mol. The Balaban J connectivity index is 1.85. The third kappa shape index (κ3) is 4.26. The number of nitrogens with zero attached hydrogens (tertiary/aromatic N) is 2. The minimum Gasteiger partial charge on any atom is -0.480 e. The van der Waals surface area contributed by atoms with Crippen LogP contribution in [0.2, 0.25) is 0 Å². The summed E-state index contributed by atoms with van der Waals surface area (Å²) in [5.41, 5.74) is 1.31. The summed E-state index contributed by atoms with van der Waals surface area (Å²) in [5, 5.41) is 20.4. The van der Waals surface area contributed by atoms with Gasteiger partial charge >= 0.3 is 5.97 Å². The van der Waals surface area contributed by atoms with Crippen LogP contribution in [-0.2, 0) is 16.0 Å². The lowest BCUT2D eigenvalue weighted by molar-refractivity contribution is -0.384. The van der Waals surface area contributed by atoms with Gasteiger partial charge in [-0.2, -0.15) is 0 Å². The van der Waals surface area contributed by atoms with Crippen molar-refractivity contribution in [3.05, 3.63) is 80.7 Å². The van der Waals surface area contributed by atoms with Gasteiger partial charge in [-0.15, -0.1) is 0 Å². The fourth-order valence-electron chi connectivity index (χ4n) is 2.72. The van der Waals surface area contributed by atoms with Gasteiger partial charge in [-0.1, -0.05) is 54.3 Å². The summed E-state index contributed by atoms with van der Waals surface area (Å²) >= 11 is 6.27. The quantitative estimate of drug-likeness (QED) is 0.334. The molecule has 0 bridgehead atoms. The van der Waals surface area contributed by atoms with Crippen LogP contribution in [0.5, 0.6) is 0 Å². The van der Waals surface area contributed by atoms with E-state index in [-0.39, 0.29) is 21.3 Å². The van der Waals surface area contributed by atoms with E-state index in [9.17, 15) is 24.8 Å². The highest BCUT2D eigenvalue weighted by atomic mass is 32.2. The van der Waals surface area contributed by atoms with Crippen molar-refractivity contribution in [2.45, 2.75) is 12.5 Å². The molecule has 1 amide bonds. The maximum atomic E-state index is 12.8. The highest BCUT2D eigenvalue weighted by Crippen LogP contribution is 2.35. The Labute approximate surface area is 169 Å². The van der Waals surface area contributed by atoms with E-state index in [2.05, 4.69) is 0 Å². The number of thiocarbonyl (C=S) groups is 1. The molecule has 0 aromatic heterocycles. The first-order valence-electron chi connectivity index (χ1n) is 8.15. The number of nitro groups is 1. The molecule has 1 aliphatic rings. The number of carboxylic acid groups (broad SMARTS) is 1. The van der Waals surface area contributed by atoms with Crippen molar-refractivity contribution in [2.75, 3.05) is 0 Å². The number of nitro benzene ring substituents is 1. The van der Waals surface area contributed by atoms with Crippen LogP contribution in [0.3, 0.4) is 0 Å². The Morgan fingerprint density at radius 2 is 1.86 bits per heavy atom. The van der Waals surface area contributed by atoms with Crippen LogP contribution in [0.1, 0.15) is 11.1 Å². The molecule has 1 atom stereocenters. The van der Waals surface area contributed by atoms with Crippen LogP contribution < -0.4 is 0 Å². The number of carboxylic acids is 1. The maximum Gasteiger partial charge on any atom is 0.327 e. The van der Waals surface area contributed by atoms with Gasteiger partial charge in [0.2, 0.25) is 0 Å². The van der Waals surface area contributed by atoms with E-state index in [1.165, 1.54) is 24.3 Å². The van der Waals surface area contributed by atoms with Gasteiger partial charge in [0, 0.05) is 18.6 Å². The van der Waals surface area contributed by atoms with Gasteiger partial charge in [-0.3, -0.25) is 19.8 Å². The number of hydrogen-bond acceptors (Lipinski definition) is 6. The zero-order valence-corrected chi connectivity index (χ0v) is 16.0. The van der Waals surface area contributed by atoms with Crippen LogP contribution in [0.25, 0.3) is 6.08 Å². The van der Waals surface area contributed by atoms with Crippen LogP contribution in [0.15, 0.2) is 59.5 Å². The van der Waals surface area contributed by atoms with Crippen LogP contribution in [-0.4, -0.2) is 37.2 Å². The standard InChI is InChI=1S/C19H14N2O5S2/c22-17-16(11-13-6-8-14(9-7-13)21(25)26)28-19(27)20(17)15(18(23)24)10-12-4-2-1-3-5-12/h1-9,11,15H,10H2,(H,23,24)/b16-11+. The largest absolute Gasteiger partial charge is 0.480 e. The molecule has 0 aliphatic carbocycles. The summed E-state index contributed by atoms with van der Waals surface area (Å²) in [6, 6.07) is 13.6. The molecule has 7 nitrogen and oxygen atoms in total. The topological polar surface area (TPSA) is 101 Å². The number of carbonyl (C=O) groups excluding carboxylic acids is 1. The summed E-state index contributed by atoms with van der Waals surface area (Å²) in [6.07, 6.45) is 1.68. The first kappa shape index (κ1) is 19.7. The molecule has 0 spiro atoms. The first-order chi connectivity index (χ1) is 13.4. The van der Waals surface area contributed by atoms with Gasteiger partial charge in [0.25, 0.3) is 11.6 Å². The van der Waals surface area contributed by atoms with Gasteiger partial charge in [0.05, 0.1) is 9.83 Å². The number of thioether (sulfide) groups is 1. The van der Waals surface area contributed by atoms with Crippen LogP contribution in [0, 0.1) is 10.1 Å². The molecule has 142 valence electrons. The minimum atomic E-state index is -1.14. The Hall–Kier alpha value is -3.04. The zero-order valence-electron chi connectivity index (χ0n) is 14.3. The van der Waals surface area contributed by atoms with Crippen molar-refractivity contribution in [1.29, 1.82) is 0 Å². The van der Waals surface area contributed by atoms with Crippen molar-refractivity contribution in [3.63, 3.8) is 0 Å². The van der Waals surface area contributed by atoms with E-state index in [1.54, 1.807) is 30.3 Å². The van der Waals surface area contributed by atoms with Gasteiger partial charge < -0.3 is 5.11 Å². The molecule has 2 aromatic carbocycles. The summed E-state index contributed by atoms with van der Waals surface area (Å²) in [6.45, 7) is 0. The summed E-state index contributed by atoms with van der Waals surface area (Å²) in [7, 11) is 0. The zero-order chi connectivity index (χ0) is 20.3. The van der Waals surface area contributed by atoms with Crippen molar-refractivity contribution < 1.29 is 19.6 Å². The van der Waals surface area contributed by atoms with Gasteiger partial charge in [0.15, 0.2) is 0 Å². The lowest BCUT2D eigenvalue weighted by atomic mass is 10.0. The van der Waals surface area contributed by atoms with E-state index in [0.717, 1.165) is 22.2 Å². The number of aliphatic carboxylic acids is 1. The van der Waals surface area contributed by atoms with E-state index in [0.29, 0.717) is 5.56 Å². The second-order valence-corrected chi connectivity index (χ2v) is 7.62. The van der Waals surface area contributed by atoms with Crippen molar-refractivity contribution >= 4 is 51.9 Å². The molecule has 9 heteroatoms. The molecular weight excluding hydrogens is 400 g/mol. The lowest BCUT2D eigenvalue weighted by Crippen LogP contribution is -2.45. The van der Waals surface area contributed by atoms with Crippen LogP contribution >= 0.6 is 24.0 Å². The molecule has 0 saturated carbocycles. The fourth-order valence-corrected chi connectivity index (χ4v) is 4.08. The summed E-state index contributed by atoms with van der Waals surface area (Å²) in [4.78, 5) is 36.2. The highest BCUT2D eigenvalue weighted by molar-refractivity contribution is 8.26. The van der Waals surface area contributed by atoms with E-state index in [4.69, 9.17) is 12.2 Å². The van der Waals surface area contributed by atoms with Crippen molar-refractivity contribution in [2.24, 2.45) is 0 Å². The number of rotatable bonds is 6. The van der Waals surface area contributed by atoms with Gasteiger partial charge in [0.1, 0.15) is 10.4 Å². The third-order valence-electron chi connectivity index (χ3n) is 4.09. The van der Waals surface area contributed by atoms with Crippen LogP contribution in [0.4, 0.5) is 5.69 Å². The molecule has 1 saturated heterocycles. The molecule has 1 aliphatic heterocycles. The Morgan fingerprint density at radius 1 is 1.21 bits per heavy atom. The smallest absolute Gasteiger partial charge is 0.327 e. The van der Waals surface area contributed by atoms with E-state index >= 15 is 0 Å². The number of non-ortho nitro benzene ring substituents is 1. The number of carbonyl (C=O) groups is 2. The Morgan fingerprint density at radius 3 is 2.43 bits per heavy atom. The molecule has 1 unspecified atom stereocenters. The lowest BCUT2D eigenvalue weighted by Gasteiger charge is -2.23. The molecule has 3 rings (SSSR count). The Kier molecular flexibility index (Phi) is 5.86. The first-order valence-corrected chi connectivity index (χ1v) is 9.37. The number of hydrogen-bond donors (Lipinski definition) is 1. The average Bonchev–Trinajstić information content (AvgIpc) is 2.94. The molecule has 1 heterocycles. The normalized spacial score (nSPS) is 16.4. The monoisotopic (exact) mass is 414 g/mol. The molecule has 0 radical (unpaired) electrons. The molecule has 1 N–H and O–H groups in total. The molecule has 2 aromatic rings. The van der Waals surface area contributed by atoms with Crippen molar-refractivity contribution in [3.8, 4) is 0 Å². The Bertz CT molecular complexity index is 974. The van der Waals surface area contributed by atoms with E-state index in [1.807, 2.05) is 6.07 Å². The fraction of sp³-hybridized carbons (Fsp3) is 0.105. The second kappa shape index (κ2) is 8.32. The van der Waals surface area contributed by atoms with Gasteiger partial charge in [-0.05, 0) is 29.3 Å². The average molecular weight is 414 g/mol. The maximum absolute atomic E-state index is 12.8. The summed E-state index contributed by atoms with van der Waals surface area (Å²) in [5.74, 6) is -1.63. The SMILES string of the molecule is O=C(O)C(Cc1ccccc1)N1C(=O)/C(=C\c2ccc([N+](=O)[O-])cc2)SC1=S. The van der Waals surface area contributed by atoms with E-state index < -0.39 is 22.8 Å². The number of amides is 1. The number of benzene rings is 2. The van der Waals surface area contributed by atoms with Gasteiger partial charge in [-0.25, -0.2) is 4.79 Å². The molecular formula is C19H14N2O5S2. The minimum absolute atomic E-state index is 0.0569. The second-order valence-electron chi connectivity index (χ2n) is 5.94. The summed E-state index contributed by atoms with van der Waals surface area (Å²) < 4.78 is 0.168. The third-order valence-corrected chi connectivity index (χ3v) is 5.42.